The zero-order valence-electron chi connectivity index (χ0n) is 7.00. The van der Waals surface area contributed by atoms with Crippen LogP contribution in [0.5, 0.6) is 0 Å². The molecule has 2 unspecified atom stereocenters. The van der Waals surface area contributed by atoms with Crippen molar-refractivity contribution in [2.45, 2.75) is 36.4 Å². The molecule has 1 saturated carbocycles. The second-order valence-electron chi connectivity index (χ2n) is 3.52. The fraction of sp³-hybridized carbons (Fsp3) is 0.600. The molecule has 2 heteroatoms. The monoisotopic (exact) mass is 244 g/mol. The van der Waals surface area contributed by atoms with Crippen LogP contribution in [-0.2, 0) is 0 Å². The third-order valence-corrected chi connectivity index (χ3v) is 4.16. The first-order chi connectivity index (χ1) is 5.86. The Kier molecular flexibility index (Phi) is 2.87. The molecule has 0 aliphatic heterocycles. The van der Waals surface area contributed by atoms with Crippen LogP contribution in [-0.4, -0.2) is 4.83 Å². The Morgan fingerprint density at radius 2 is 2.33 bits per heavy atom. The van der Waals surface area contributed by atoms with Gasteiger partial charge in [0.05, 0.1) is 0 Å². The van der Waals surface area contributed by atoms with Crippen molar-refractivity contribution < 1.29 is 0 Å². The average molecular weight is 245 g/mol. The predicted octanol–water partition coefficient (Wildman–Crippen LogP) is 4.17. The highest BCUT2D eigenvalue weighted by molar-refractivity contribution is 9.09. The third kappa shape index (κ3) is 1.91. The molecule has 1 aromatic heterocycles. The fourth-order valence-corrected chi connectivity index (χ4v) is 3.46. The molecule has 2 rings (SSSR count). The van der Waals surface area contributed by atoms with Crippen molar-refractivity contribution in [2.75, 3.05) is 0 Å². The minimum atomic E-state index is 0.760. The summed E-state index contributed by atoms with van der Waals surface area (Å²) in [4.78, 5) is 0.760. The lowest BCUT2D eigenvalue weighted by atomic mass is 9.85. The van der Waals surface area contributed by atoms with E-state index >= 15 is 0 Å². The van der Waals surface area contributed by atoms with Gasteiger partial charge in [0.15, 0.2) is 0 Å². The van der Waals surface area contributed by atoms with E-state index in [4.69, 9.17) is 0 Å². The van der Waals surface area contributed by atoms with Gasteiger partial charge in [-0.15, -0.1) is 0 Å². The normalized spacial score (nSPS) is 30.4. The molecular formula is C10H13BrS. The zero-order chi connectivity index (χ0) is 8.39. The number of hydrogen-bond acceptors (Lipinski definition) is 1. The maximum atomic E-state index is 3.72. The molecule has 12 heavy (non-hydrogen) atoms. The van der Waals surface area contributed by atoms with E-state index in [2.05, 4.69) is 32.8 Å². The molecule has 0 aromatic carbocycles. The number of halogens is 1. The van der Waals surface area contributed by atoms with Gasteiger partial charge in [-0.3, -0.25) is 0 Å². The topological polar surface area (TPSA) is 0 Å². The van der Waals surface area contributed by atoms with Gasteiger partial charge in [0.2, 0.25) is 0 Å². The maximum Gasteiger partial charge on any atom is 0.0151 e. The van der Waals surface area contributed by atoms with Crippen molar-refractivity contribution in [3.8, 4) is 0 Å². The molecule has 2 atom stereocenters. The maximum absolute atomic E-state index is 3.72. The van der Waals surface area contributed by atoms with E-state index in [0.717, 1.165) is 10.7 Å². The summed E-state index contributed by atoms with van der Waals surface area (Å²) in [7, 11) is 0. The van der Waals surface area contributed by atoms with Crippen LogP contribution >= 0.6 is 27.3 Å². The summed E-state index contributed by atoms with van der Waals surface area (Å²) in [6.45, 7) is 0. The van der Waals surface area contributed by atoms with Gasteiger partial charge >= 0.3 is 0 Å². The molecule has 1 heterocycles. The van der Waals surface area contributed by atoms with Crippen LogP contribution < -0.4 is 0 Å². The predicted molar refractivity (Wildman–Crippen MR) is 58.2 cm³/mol. The van der Waals surface area contributed by atoms with Gasteiger partial charge in [0, 0.05) is 4.83 Å². The minimum absolute atomic E-state index is 0.760. The van der Waals surface area contributed by atoms with Gasteiger partial charge < -0.3 is 0 Å². The summed E-state index contributed by atoms with van der Waals surface area (Å²) >= 11 is 5.54. The van der Waals surface area contributed by atoms with E-state index in [9.17, 15) is 0 Å². The summed E-state index contributed by atoms with van der Waals surface area (Å²) in [6.07, 6.45) is 5.46. The van der Waals surface area contributed by atoms with E-state index in [1.807, 2.05) is 11.3 Å². The number of thiophene rings is 1. The lowest BCUT2D eigenvalue weighted by Gasteiger charge is -2.24. The van der Waals surface area contributed by atoms with Gasteiger partial charge in [-0.1, -0.05) is 22.4 Å². The molecule has 0 nitrogen and oxygen atoms in total. The molecule has 1 aromatic rings. The first-order valence-electron chi connectivity index (χ1n) is 4.52. The first kappa shape index (κ1) is 8.76. The van der Waals surface area contributed by atoms with Crippen molar-refractivity contribution in [3.05, 3.63) is 22.4 Å². The van der Waals surface area contributed by atoms with Crippen LogP contribution in [0, 0.1) is 0 Å². The van der Waals surface area contributed by atoms with Gasteiger partial charge in [-0.05, 0) is 47.6 Å². The Morgan fingerprint density at radius 1 is 1.42 bits per heavy atom. The number of alkyl halides is 1. The summed E-state index contributed by atoms with van der Waals surface area (Å²) in [5, 5.41) is 4.49. The van der Waals surface area contributed by atoms with Crippen molar-refractivity contribution >= 4 is 27.3 Å². The number of hydrogen-bond donors (Lipinski definition) is 0. The molecule has 66 valence electrons. The first-order valence-corrected chi connectivity index (χ1v) is 6.38. The lowest BCUT2D eigenvalue weighted by molar-refractivity contribution is 0.459. The van der Waals surface area contributed by atoms with E-state index in [0.29, 0.717) is 0 Å². The molecule has 1 fully saturated rings. The van der Waals surface area contributed by atoms with Gasteiger partial charge in [0.25, 0.3) is 0 Å². The number of rotatable bonds is 1. The van der Waals surface area contributed by atoms with Crippen LogP contribution in [0.15, 0.2) is 16.8 Å². The zero-order valence-corrected chi connectivity index (χ0v) is 9.40. The molecule has 0 N–H and O–H groups in total. The molecule has 1 aliphatic rings. The van der Waals surface area contributed by atoms with E-state index in [1.54, 1.807) is 5.56 Å². The molecule has 0 spiro atoms. The molecule has 1 aliphatic carbocycles. The quantitative estimate of drug-likeness (QED) is 0.651. The Morgan fingerprint density at radius 3 is 3.00 bits per heavy atom. The average Bonchev–Trinajstić information content (AvgIpc) is 2.56. The van der Waals surface area contributed by atoms with Crippen LogP contribution in [0.2, 0.25) is 0 Å². The summed E-state index contributed by atoms with van der Waals surface area (Å²) < 4.78 is 0. The van der Waals surface area contributed by atoms with Crippen LogP contribution in [0.3, 0.4) is 0 Å². The van der Waals surface area contributed by atoms with Gasteiger partial charge in [-0.25, -0.2) is 0 Å². The second kappa shape index (κ2) is 3.93. The van der Waals surface area contributed by atoms with E-state index in [-0.39, 0.29) is 0 Å². The summed E-state index contributed by atoms with van der Waals surface area (Å²) in [6, 6.07) is 2.28. The standard InChI is InChI=1S/C10H13BrS/c11-10-3-1-2-8(6-10)9-4-5-12-7-9/h4-5,7-8,10H,1-3,6H2. The summed E-state index contributed by atoms with van der Waals surface area (Å²) in [5.41, 5.74) is 1.56. The minimum Gasteiger partial charge on any atom is -0.152 e. The fourth-order valence-electron chi connectivity index (χ4n) is 1.94. The van der Waals surface area contributed by atoms with Crippen LogP contribution in [0.25, 0.3) is 0 Å². The molecule has 0 radical (unpaired) electrons. The van der Waals surface area contributed by atoms with Gasteiger partial charge in [0.1, 0.15) is 0 Å². The molecule has 0 saturated heterocycles. The van der Waals surface area contributed by atoms with Crippen LogP contribution in [0.1, 0.15) is 37.2 Å². The van der Waals surface area contributed by atoms with Crippen molar-refractivity contribution in [1.82, 2.24) is 0 Å². The largest absolute Gasteiger partial charge is 0.152 e. The second-order valence-corrected chi connectivity index (χ2v) is 5.59. The Balaban J connectivity index is 2.04. The highest BCUT2D eigenvalue weighted by Crippen LogP contribution is 2.36. The highest BCUT2D eigenvalue weighted by Gasteiger charge is 2.21. The molecular weight excluding hydrogens is 232 g/mol. The van der Waals surface area contributed by atoms with Crippen molar-refractivity contribution in [3.63, 3.8) is 0 Å². The lowest BCUT2D eigenvalue weighted by Crippen LogP contribution is -2.12. The SMILES string of the molecule is BrC1CCCC(c2ccsc2)C1. The van der Waals surface area contributed by atoms with E-state index in [1.165, 1.54) is 25.7 Å². The van der Waals surface area contributed by atoms with E-state index < -0.39 is 0 Å². The summed E-state index contributed by atoms with van der Waals surface area (Å²) in [5.74, 6) is 0.828. The Hall–Kier alpha value is 0.180. The van der Waals surface area contributed by atoms with Crippen molar-refractivity contribution in [2.24, 2.45) is 0 Å². The van der Waals surface area contributed by atoms with Crippen molar-refractivity contribution in [1.29, 1.82) is 0 Å². The van der Waals surface area contributed by atoms with Gasteiger partial charge in [-0.2, -0.15) is 11.3 Å². The third-order valence-electron chi connectivity index (χ3n) is 2.62. The molecule has 0 amide bonds. The van der Waals surface area contributed by atoms with Crippen LogP contribution in [0.4, 0.5) is 0 Å². The highest BCUT2D eigenvalue weighted by atomic mass is 79.9. The Bertz CT molecular complexity index is 230. The Labute approximate surface area is 86.1 Å². The smallest absolute Gasteiger partial charge is 0.0151 e. The molecule has 0 bridgehead atoms.